The Kier molecular flexibility index (Phi) is 6.90. The van der Waals surface area contributed by atoms with Crippen LogP contribution >= 0.6 is 23.5 Å². The molecule has 0 aliphatic carbocycles. The van der Waals surface area contributed by atoms with Crippen LogP contribution in [0.15, 0.2) is 70.8 Å². The van der Waals surface area contributed by atoms with Crippen molar-refractivity contribution in [2.45, 2.75) is 28.8 Å². The highest BCUT2D eigenvalue weighted by Crippen LogP contribution is 2.28. The highest BCUT2D eigenvalue weighted by Gasteiger charge is 2.19. The normalized spacial score (nSPS) is 10.7. The molecular formula is C21H21N3OS2. The number of hydrogen-bond donors (Lipinski definition) is 1. The monoisotopic (exact) mass is 395 g/mol. The second-order valence-electron chi connectivity index (χ2n) is 5.96. The minimum Gasteiger partial charge on any atom is -0.365 e. The van der Waals surface area contributed by atoms with Crippen molar-refractivity contribution in [2.75, 3.05) is 6.26 Å². The molecule has 27 heavy (non-hydrogen) atoms. The molecule has 1 aromatic heterocycles. The summed E-state index contributed by atoms with van der Waals surface area (Å²) < 4.78 is 0. The van der Waals surface area contributed by atoms with E-state index in [9.17, 15) is 4.79 Å². The molecule has 4 nitrogen and oxygen atoms in total. The zero-order valence-electron chi connectivity index (χ0n) is 15.1. The predicted octanol–water partition coefficient (Wildman–Crippen LogP) is 4.37. The number of benzene rings is 2. The summed E-state index contributed by atoms with van der Waals surface area (Å²) in [6, 6.07) is 20.3. The molecule has 3 rings (SSSR count). The fourth-order valence-corrected chi connectivity index (χ4v) is 4.17. The van der Waals surface area contributed by atoms with Gasteiger partial charge >= 0.3 is 0 Å². The van der Waals surface area contributed by atoms with E-state index >= 15 is 0 Å². The van der Waals surface area contributed by atoms with Gasteiger partial charge in [-0.2, -0.15) is 0 Å². The Morgan fingerprint density at radius 3 is 2.15 bits per heavy atom. The summed E-state index contributed by atoms with van der Waals surface area (Å²) in [5, 5.41) is 1.33. The number of carbonyl (C=O) groups excluding carboxylic acids is 1. The molecule has 0 aliphatic rings. The van der Waals surface area contributed by atoms with Crippen LogP contribution in [-0.2, 0) is 18.6 Å². The standard InChI is InChI=1S/C21H21N3OS2/c1-26-21-23-17(13-12-15-8-4-2-5-9-15)18(19(22)25)20(24-21)27-14-16-10-6-3-7-11-16/h2-11H,12-14H2,1H3,(H2,22,25). The first-order valence-corrected chi connectivity index (χ1v) is 10.8. The molecule has 3 aromatic rings. The van der Waals surface area contributed by atoms with E-state index in [1.165, 1.54) is 34.7 Å². The summed E-state index contributed by atoms with van der Waals surface area (Å²) >= 11 is 3.00. The quantitative estimate of drug-likeness (QED) is 0.348. The van der Waals surface area contributed by atoms with Gasteiger partial charge in [-0.15, -0.1) is 11.8 Å². The molecule has 6 heteroatoms. The van der Waals surface area contributed by atoms with E-state index in [0.717, 1.165) is 17.9 Å². The summed E-state index contributed by atoms with van der Waals surface area (Å²) in [5.74, 6) is 0.255. The topological polar surface area (TPSA) is 68.9 Å². The molecule has 2 N–H and O–H groups in total. The molecule has 0 saturated heterocycles. The van der Waals surface area contributed by atoms with Gasteiger partial charge in [0.05, 0.1) is 11.3 Å². The molecule has 1 heterocycles. The number of carbonyl (C=O) groups is 1. The summed E-state index contributed by atoms with van der Waals surface area (Å²) in [7, 11) is 0. The van der Waals surface area contributed by atoms with Crippen molar-refractivity contribution >= 4 is 29.4 Å². The van der Waals surface area contributed by atoms with Gasteiger partial charge in [-0.3, -0.25) is 4.79 Å². The van der Waals surface area contributed by atoms with Crippen LogP contribution in [0.3, 0.4) is 0 Å². The van der Waals surface area contributed by atoms with Crippen molar-refractivity contribution in [3.63, 3.8) is 0 Å². The lowest BCUT2D eigenvalue weighted by Gasteiger charge is -2.12. The van der Waals surface area contributed by atoms with Crippen LogP contribution in [0, 0.1) is 0 Å². The summed E-state index contributed by atoms with van der Waals surface area (Å²) in [4.78, 5) is 21.3. The first kappa shape index (κ1) is 19.5. The van der Waals surface area contributed by atoms with E-state index in [2.05, 4.69) is 34.2 Å². The van der Waals surface area contributed by atoms with Gasteiger partial charge in [0.2, 0.25) is 0 Å². The third kappa shape index (κ3) is 5.34. The van der Waals surface area contributed by atoms with E-state index in [-0.39, 0.29) is 0 Å². The average molecular weight is 396 g/mol. The maximum Gasteiger partial charge on any atom is 0.253 e. The fourth-order valence-electron chi connectivity index (χ4n) is 2.72. The summed E-state index contributed by atoms with van der Waals surface area (Å²) in [5.41, 5.74) is 9.26. The number of aromatic nitrogens is 2. The van der Waals surface area contributed by atoms with E-state index < -0.39 is 5.91 Å². The van der Waals surface area contributed by atoms with E-state index in [4.69, 9.17) is 5.73 Å². The van der Waals surface area contributed by atoms with Gasteiger partial charge in [-0.05, 0) is 30.2 Å². The predicted molar refractivity (Wildman–Crippen MR) is 112 cm³/mol. The SMILES string of the molecule is CSc1nc(CCc2ccccc2)c(C(N)=O)c(SCc2ccccc2)n1. The van der Waals surface area contributed by atoms with Gasteiger partial charge in [-0.1, -0.05) is 72.4 Å². The number of amides is 1. The zero-order valence-corrected chi connectivity index (χ0v) is 16.7. The van der Waals surface area contributed by atoms with Gasteiger partial charge in [0, 0.05) is 5.75 Å². The molecule has 138 valence electrons. The Morgan fingerprint density at radius 1 is 0.926 bits per heavy atom. The second-order valence-corrected chi connectivity index (χ2v) is 7.70. The van der Waals surface area contributed by atoms with Crippen molar-refractivity contribution < 1.29 is 4.79 Å². The third-order valence-corrected chi connectivity index (χ3v) is 5.67. The Bertz CT molecular complexity index is 837. The number of nitrogens with two attached hydrogens (primary N) is 1. The van der Waals surface area contributed by atoms with Crippen molar-refractivity contribution in [2.24, 2.45) is 5.73 Å². The maximum atomic E-state index is 12.2. The number of primary amides is 1. The van der Waals surface area contributed by atoms with E-state index in [0.29, 0.717) is 22.2 Å². The van der Waals surface area contributed by atoms with Gasteiger partial charge in [0.25, 0.3) is 5.91 Å². The molecule has 0 aliphatic heterocycles. The van der Waals surface area contributed by atoms with Crippen LogP contribution in [0.2, 0.25) is 0 Å². The highest BCUT2D eigenvalue weighted by atomic mass is 32.2. The summed E-state index contributed by atoms with van der Waals surface area (Å²) in [6.07, 6.45) is 3.39. The van der Waals surface area contributed by atoms with Gasteiger partial charge < -0.3 is 5.73 Å². The van der Waals surface area contributed by atoms with Crippen molar-refractivity contribution in [3.05, 3.63) is 83.0 Å². The van der Waals surface area contributed by atoms with Crippen LogP contribution in [0.1, 0.15) is 27.2 Å². The lowest BCUT2D eigenvalue weighted by atomic mass is 10.1. The van der Waals surface area contributed by atoms with Crippen molar-refractivity contribution in [1.29, 1.82) is 0 Å². The lowest BCUT2D eigenvalue weighted by molar-refractivity contribution is 0.0995. The Hall–Kier alpha value is -2.31. The first-order valence-electron chi connectivity index (χ1n) is 8.62. The molecule has 0 spiro atoms. The Balaban J connectivity index is 1.88. The van der Waals surface area contributed by atoms with Crippen LogP contribution in [0.25, 0.3) is 0 Å². The van der Waals surface area contributed by atoms with Gasteiger partial charge in [0.1, 0.15) is 5.03 Å². The second kappa shape index (κ2) is 9.58. The third-order valence-electron chi connectivity index (χ3n) is 4.07. The average Bonchev–Trinajstić information content (AvgIpc) is 2.71. The smallest absolute Gasteiger partial charge is 0.253 e. The van der Waals surface area contributed by atoms with Crippen molar-refractivity contribution in [1.82, 2.24) is 9.97 Å². The molecule has 1 amide bonds. The van der Waals surface area contributed by atoms with Crippen LogP contribution < -0.4 is 5.73 Å². The number of aryl methyl sites for hydroxylation is 2. The minimum absolute atomic E-state index is 0.449. The Labute approximate surface area is 168 Å². The Morgan fingerprint density at radius 2 is 1.56 bits per heavy atom. The molecule has 0 fully saturated rings. The molecular weight excluding hydrogens is 374 g/mol. The molecule has 0 bridgehead atoms. The number of hydrogen-bond acceptors (Lipinski definition) is 5. The zero-order chi connectivity index (χ0) is 19.1. The minimum atomic E-state index is -0.471. The van der Waals surface area contributed by atoms with Crippen LogP contribution in [0.5, 0.6) is 0 Å². The highest BCUT2D eigenvalue weighted by molar-refractivity contribution is 7.99. The van der Waals surface area contributed by atoms with Gasteiger partial charge in [-0.25, -0.2) is 9.97 Å². The summed E-state index contributed by atoms with van der Waals surface area (Å²) in [6.45, 7) is 0. The number of rotatable bonds is 8. The number of thioether (sulfide) groups is 2. The molecule has 2 aromatic carbocycles. The van der Waals surface area contributed by atoms with Crippen LogP contribution in [0.4, 0.5) is 0 Å². The van der Waals surface area contributed by atoms with Crippen molar-refractivity contribution in [3.8, 4) is 0 Å². The molecule has 0 saturated carbocycles. The first-order chi connectivity index (χ1) is 13.2. The van der Waals surface area contributed by atoms with Gasteiger partial charge in [0.15, 0.2) is 5.16 Å². The molecule has 0 radical (unpaired) electrons. The lowest BCUT2D eigenvalue weighted by Crippen LogP contribution is -2.18. The number of nitrogens with zero attached hydrogens (tertiary/aromatic N) is 2. The van der Waals surface area contributed by atoms with Crippen LogP contribution in [-0.4, -0.2) is 22.1 Å². The fraction of sp³-hybridized carbons (Fsp3) is 0.190. The molecule has 0 unspecified atom stereocenters. The largest absolute Gasteiger partial charge is 0.365 e. The van der Waals surface area contributed by atoms with E-state index in [1.54, 1.807) is 0 Å². The molecule has 0 atom stereocenters. The maximum absolute atomic E-state index is 12.2. The van der Waals surface area contributed by atoms with E-state index in [1.807, 2.05) is 42.7 Å².